The second-order valence-electron chi connectivity index (χ2n) is 3.81. The van der Waals surface area contributed by atoms with E-state index in [-0.39, 0.29) is 5.91 Å². The third-order valence-electron chi connectivity index (χ3n) is 2.59. The summed E-state index contributed by atoms with van der Waals surface area (Å²) in [5, 5.41) is 4.88. The minimum absolute atomic E-state index is 0.0234. The average Bonchev–Trinajstić information content (AvgIpc) is 2.50. The Labute approximate surface area is 99.6 Å². The highest BCUT2D eigenvalue weighted by Crippen LogP contribution is 2.30. The van der Waals surface area contributed by atoms with Gasteiger partial charge in [0.05, 0.1) is 12.1 Å². The number of nitrogens with one attached hydrogen (secondary N) is 1. The SMILES string of the molecule is CCN1C(=O)Cc2cc(NS(N)(=O)=O)ccc21. The number of carbonyl (C=O) groups is 1. The third kappa shape index (κ3) is 2.40. The summed E-state index contributed by atoms with van der Waals surface area (Å²) >= 11 is 0. The highest BCUT2D eigenvalue weighted by Gasteiger charge is 2.25. The molecule has 1 aromatic rings. The summed E-state index contributed by atoms with van der Waals surface area (Å²) in [5.74, 6) is 0.0234. The Bertz CT molecular complexity index is 568. The van der Waals surface area contributed by atoms with Crippen molar-refractivity contribution in [2.75, 3.05) is 16.2 Å². The Morgan fingerprint density at radius 1 is 1.47 bits per heavy atom. The molecule has 17 heavy (non-hydrogen) atoms. The Hall–Kier alpha value is -1.60. The Balaban J connectivity index is 2.35. The van der Waals surface area contributed by atoms with Gasteiger partial charge in [-0.2, -0.15) is 8.42 Å². The molecular weight excluding hydrogens is 242 g/mol. The van der Waals surface area contributed by atoms with E-state index >= 15 is 0 Å². The van der Waals surface area contributed by atoms with Crippen LogP contribution >= 0.6 is 0 Å². The number of fused-ring (bicyclic) bond motifs is 1. The molecular formula is C10H13N3O3S. The van der Waals surface area contributed by atoms with Crippen molar-refractivity contribution in [2.45, 2.75) is 13.3 Å². The monoisotopic (exact) mass is 255 g/mol. The molecule has 1 aliphatic heterocycles. The van der Waals surface area contributed by atoms with Gasteiger partial charge in [0.25, 0.3) is 10.2 Å². The van der Waals surface area contributed by atoms with Crippen molar-refractivity contribution in [2.24, 2.45) is 5.14 Å². The van der Waals surface area contributed by atoms with Crippen molar-refractivity contribution < 1.29 is 13.2 Å². The number of hydrogen-bond donors (Lipinski definition) is 2. The zero-order valence-corrected chi connectivity index (χ0v) is 10.1. The van der Waals surface area contributed by atoms with Crippen molar-refractivity contribution >= 4 is 27.5 Å². The first-order valence-corrected chi connectivity index (χ1v) is 6.69. The molecule has 7 heteroatoms. The van der Waals surface area contributed by atoms with Gasteiger partial charge >= 0.3 is 0 Å². The second-order valence-corrected chi connectivity index (χ2v) is 5.10. The van der Waals surface area contributed by atoms with Crippen LogP contribution in [0.25, 0.3) is 0 Å². The van der Waals surface area contributed by atoms with Gasteiger partial charge in [0.1, 0.15) is 0 Å². The van der Waals surface area contributed by atoms with Crippen LogP contribution in [-0.4, -0.2) is 20.9 Å². The second kappa shape index (κ2) is 4.01. The van der Waals surface area contributed by atoms with Crippen molar-refractivity contribution in [1.29, 1.82) is 0 Å². The lowest BCUT2D eigenvalue weighted by Crippen LogP contribution is -2.25. The van der Waals surface area contributed by atoms with Gasteiger partial charge in [0.15, 0.2) is 0 Å². The van der Waals surface area contributed by atoms with Crippen LogP contribution in [0.15, 0.2) is 18.2 Å². The van der Waals surface area contributed by atoms with Gasteiger partial charge in [-0.15, -0.1) is 0 Å². The van der Waals surface area contributed by atoms with E-state index < -0.39 is 10.2 Å². The minimum atomic E-state index is -3.78. The molecule has 0 saturated heterocycles. The highest BCUT2D eigenvalue weighted by atomic mass is 32.2. The van der Waals surface area contributed by atoms with E-state index in [1.54, 1.807) is 23.1 Å². The maximum Gasteiger partial charge on any atom is 0.296 e. The molecule has 0 atom stereocenters. The van der Waals surface area contributed by atoms with Gasteiger partial charge in [-0.05, 0) is 30.7 Å². The summed E-state index contributed by atoms with van der Waals surface area (Å²) in [6.07, 6.45) is 0.295. The smallest absolute Gasteiger partial charge is 0.296 e. The number of nitrogens with zero attached hydrogens (tertiary/aromatic N) is 1. The molecule has 92 valence electrons. The fraction of sp³-hybridized carbons (Fsp3) is 0.300. The number of hydrogen-bond acceptors (Lipinski definition) is 3. The maximum absolute atomic E-state index is 11.6. The Kier molecular flexibility index (Phi) is 2.80. The predicted octanol–water partition coefficient (Wildman–Crippen LogP) is 0.211. The molecule has 1 amide bonds. The van der Waals surface area contributed by atoms with Crippen molar-refractivity contribution in [3.63, 3.8) is 0 Å². The molecule has 0 unspecified atom stereocenters. The van der Waals surface area contributed by atoms with Crippen LogP contribution in [0.5, 0.6) is 0 Å². The summed E-state index contributed by atoms with van der Waals surface area (Å²) in [6.45, 7) is 2.50. The number of rotatable bonds is 3. The molecule has 3 N–H and O–H groups in total. The summed E-state index contributed by atoms with van der Waals surface area (Å²) in [6, 6.07) is 4.94. The van der Waals surface area contributed by atoms with E-state index in [2.05, 4.69) is 4.72 Å². The van der Waals surface area contributed by atoms with Crippen molar-refractivity contribution in [3.8, 4) is 0 Å². The molecule has 1 aromatic carbocycles. The van der Waals surface area contributed by atoms with Gasteiger partial charge in [-0.1, -0.05) is 0 Å². The Morgan fingerprint density at radius 3 is 2.76 bits per heavy atom. The third-order valence-corrected chi connectivity index (χ3v) is 3.11. The molecule has 1 aliphatic rings. The number of benzene rings is 1. The summed E-state index contributed by atoms with van der Waals surface area (Å²) < 4.78 is 23.9. The molecule has 1 heterocycles. The van der Waals surface area contributed by atoms with Crippen LogP contribution in [0.2, 0.25) is 0 Å². The van der Waals surface area contributed by atoms with Gasteiger partial charge < -0.3 is 4.90 Å². The lowest BCUT2D eigenvalue weighted by atomic mass is 10.1. The first kappa shape index (κ1) is 11.9. The van der Waals surface area contributed by atoms with Crippen molar-refractivity contribution in [1.82, 2.24) is 0 Å². The molecule has 0 saturated carbocycles. The van der Waals surface area contributed by atoms with Gasteiger partial charge in [-0.3, -0.25) is 9.52 Å². The normalized spacial score (nSPS) is 14.9. The lowest BCUT2D eigenvalue weighted by Gasteiger charge is -2.14. The summed E-state index contributed by atoms with van der Waals surface area (Å²) in [7, 11) is -3.78. The van der Waals surface area contributed by atoms with Gasteiger partial charge in [-0.25, -0.2) is 5.14 Å². The van der Waals surface area contributed by atoms with E-state index in [0.29, 0.717) is 18.7 Å². The molecule has 6 nitrogen and oxygen atoms in total. The zero-order valence-electron chi connectivity index (χ0n) is 9.30. The Morgan fingerprint density at radius 2 is 2.18 bits per heavy atom. The number of anilines is 2. The number of carbonyl (C=O) groups excluding carboxylic acids is 1. The van der Waals surface area contributed by atoms with Gasteiger partial charge in [0, 0.05) is 12.2 Å². The lowest BCUT2D eigenvalue weighted by molar-refractivity contribution is -0.117. The maximum atomic E-state index is 11.6. The van der Waals surface area contributed by atoms with E-state index in [0.717, 1.165) is 11.3 Å². The highest BCUT2D eigenvalue weighted by molar-refractivity contribution is 7.90. The molecule has 0 fully saturated rings. The van der Waals surface area contributed by atoms with Crippen LogP contribution in [0.1, 0.15) is 12.5 Å². The van der Waals surface area contributed by atoms with Crippen LogP contribution < -0.4 is 14.8 Å². The first-order chi connectivity index (χ1) is 7.90. The average molecular weight is 255 g/mol. The number of nitrogens with two attached hydrogens (primary N) is 1. The number of likely N-dealkylation sites (N-methyl/N-ethyl adjacent to an activating group) is 1. The summed E-state index contributed by atoms with van der Waals surface area (Å²) in [4.78, 5) is 13.3. The van der Waals surface area contributed by atoms with Crippen LogP contribution in [0.4, 0.5) is 11.4 Å². The van der Waals surface area contributed by atoms with Gasteiger partial charge in [0.2, 0.25) is 5.91 Å². The molecule has 0 bridgehead atoms. The quantitative estimate of drug-likeness (QED) is 0.808. The van der Waals surface area contributed by atoms with E-state index in [4.69, 9.17) is 5.14 Å². The molecule has 0 aromatic heterocycles. The van der Waals surface area contributed by atoms with E-state index in [9.17, 15) is 13.2 Å². The topological polar surface area (TPSA) is 92.5 Å². The molecule has 0 spiro atoms. The molecule has 2 rings (SSSR count). The standard InChI is InChI=1S/C10H13N3O3S/c1-2-13-9-4-3-8(12-17(11,15)16)5-7(9)6-10(13)14/h3-5,12H,2,6H2,1H3,(H2,11,15,16). The fourth-order valence-electron chi connectivity index (χ4n) is 1.96. The molecule has 0 radical (unpaired) electrons. The van der Waals surface area contributed by atoms with Crippen molar-refractivity contribution in [3.05, 3.63) is 23.8 Å². The first-order valence-electron chi connectivity index (χ1n) is 5.14. The fourth-order valence-corrected chi connectivity index (χ4v) is 2.41. The van der Waals surface area contributed by atoms with Crippen LogP contribution in [0, 0.1) is 0 Å². The van der Waals surface area contributed by atoms with E-state index in [1.165, 1.54) is 0 Å². The van der Waals surface area contributed by atoms with Crippen LogP contribution in [-0.2, 0) is 21.4 Å². The largest absolute Gasteiger partial charge is 0.312 e. The van der Waals surface area contributed by atoms with Crippen LogP contribution in [0.3, 0.4) is 0 Å². The minimum Gasteiger partial charge on any atom is -0.312 e. The summed E-state index contributed by atoms with van der Waals surface area (Å²) in [5.41, 5.74) is 2.01. The predicted molar refractivity (Wildman–Crippen MR) is 64.9 cm³/mol. The van der Waals surface area contributed by atoms with E-state index in [1.807, 2.05) is 6.92 Å². The molecule has 0 aliphatic carbocycles. The zero-order chi connectivity index (χ0) is 12.6. The number of amides is 1.